The van der Waals surface area contributed by atoms with Crippen molar-refractivity contribution in [2.75, 3.05) is 32.1 Å². The molecule has 0 saturated carbocycles. The Morgan fingerprint density at radius 1 is 1.53 bits per heavy atom. The highest BCUT2D eigenvalue weighted by atomic mass is 35.5. The second-order valence-corrected chi connectivity index (χ2v) is 5.17. The van der Waals surface area contributed by atoms with Gasteiger partial charge in [0.1, 0.15) is 5.75 Å². The van der Waals surface area contributed by atoms with Crippen molar-refractivity contribution in [1.29, 1.82) is 0 Å². The van der Waals surface area contributed by atoms with E-state index in [4.69, 9.17) is 16.3 Å². The maximum Gasteiger partial charge on any atom is 0.231 e. The molecule has 5 heteroatoms. The Morgan fingerprint density at radius 3 is 2.89 bits per heavy atom. The van der Waals surface area contributed by atoms with Crippen LogP contribution < -0.4 is 15.0 Å². The highest BCUT2D eigenvalue weighted by Crippen LogP contribution is 2.29. The summed E-state index contributed by atoms with van der Waals surface area (Å²) < 4.78 is 5.11. The molecule has 0 bridgehead atoms. The number of nitrogens with one attached hydrogen (secondary N) is 1. The van der Waals surface area contributed by atoms with E-state index in [1.165, 1.54) is 0 Å². The smallest absolute Gasteiger partial charge is 0.231 e. The summed E-state index contributed by atoms with van der Waals surface area (Å²) in [6, 6.07) is 5.38. The van der Waals surface area contributed by atoms with Crippen LogP contribution in [-0.4, -0.2) is 33.2 Å². The first-order valence-electron chi connectivity index (χ1n) is 6.45. The zero-order chi connectivity index (χ0) is 13.8. The highest BCUT2D eigenvalue weighted by molar-refractivity contribution is 6.32. The molecule has 0 aliphatic carbocycles. The van der Waals surface area contributed by atoms with E-state index in [9.17, 15) is 4.79 Å². The van der Waals surface area contributed by atoms with Gasteiger partial charge in [-0.25, -0.2) is 0 Å². The summed E-state index contributed by atoms with van der Waals surface area (Å²) in [5.41, 5.74) is 0.793. The highest BCUT2D eigenvalue weighted by Gasteiger charge is 2.24. The number of nitrogens with zero attached hydrogens (tertiary/aromatic N) is 1. The van der Waals surface area contributed by atoms with Crippen LogP contribution in [0.2, 0.25) is 5.02 Å². The third kappa shape index (κ3) is 3.19. The van der Waals surface area contributed by atoms with Crippen molar-refractivity contribution >= 4 is 23.2 Å². The number of ether oxygens (including phenoxy) is 1. The molecule has 2 rings (SSSR count). The van der Waals surface area contributed by atoms with Gasteiger partial charge in [0.05, 0.1) is 18.1 Å². The number of benzene rings is 1. The molecular formula is C14H19ClN2O2. The summed E-state index contributed by atoms with van der Waals surface area (Å²) in [5.74, 6) is 0.804. The number of hydrogen-bond acceptors (Lipinski definition) is 3. The van der Waals surface area contributed by atoms with Crippen LogP contribution in [0.5, 0.6) is 5.75 Å². The van der Waals surface area contributed by atoms with Crippen LogP contribution in [0, 0.1) is 5.92 Å². The zero-order valence-corrected chi connectivity index (χ0v) is 12.0. The summed E-state index contributed by atoms with van der Waals surface area (Å²) in [7, 11) is 3.36. The van der Waals surface area contributed by atoms with Crippen molar-refractivity contribution in [1.82, 2.24) is 5.32 Å². The van der Waals surface area contributed by atoms with Crippen molar-refractivity contribution in [2.45, 2.75) is 12.8 Å². The van der Waals surface area contributed by atoms with Crippen molar-refractivity contribution in [3.05, 3.63) is 23.2 Å². The Labute approximate surface area is 118 Å². The van der Waals surface area contributed by atoms with Gasteiger partial charge in [0.25, 0.3) is 0 Å². The van der Waals surface area contributed by atoms with Gasteiger partial charge in [-0.1, -0.05) is 11.6 Å². The summed E-state index contributed by atoms with van der Waals surface area (Å²) >= 11 is 6.09. The molecule has 0 aromatic heterocycles. The molecular weight excluding hydrogens is 264 g/mol. The number of piperidine rings is 1. The van der Waals surface area contributed by atoms with Crippen molar-refractivity contribution in [3.63, 3.8) is 0 Å². The lowest BCUT2D eigenvalue weighted by Crippen LogP contribution is -2.41. The molecule has 104 valence electrons. The molecule has 1 aliphatic heterocycles. The number of rotatable bonds is 3. The third-order valence-electron chi connectivity index (χ3n) is 3.50. The van der Waals surface area contributed by atoms with Gasteiger partial charge in [-0.3, -0.25) is 4.79 Å². The van der Waals surface area contributed by atoms with E-state index in [0.717, 1.165) is 31.6 Å². The van der Waals surface area contributed by atoms with E-state index >= 15 is 0 Å². The van der Waals surface area contributed by atoms with Crippen LogP contribution in [0.3, 0.4) is 0 Å². The van der Waals surface area contributed by atoms with E-state index in [2.05, 4.69) is 5.32 Å². The Balaban J connectivity index is 2.11. The lowest BCUT2D eigenvalue weighted by molar-refractivity contribution is -0.122. The van der Waals surface area contributed by atoms with Crippen LogP contribution in [0.1, 0.15) is 12.8 Å². The molecule has 0 spiro atoms. The van der Waals surface area contributed by atoms with Gasteiger partial charge < -0.3 is 15.0 Å². The number of methoxy groups -OCH3 is 1. The van der Waals surface area contributed by atoms with E-state index in [-0.39, 0.29) is 11.8 Å². The number of amides is 1. The van der Waals surface area contributed by atoms with E-state index < -0.39 is 0 Å². The minimum atomic E-state index is 0.0552. The minimum Gasteiger partial charge on any atom is -0.495 e. The lowest BCUT2D eigenvalue weighted by atomic mass is 9.98. The summed E-state index contributed by atoms with van der Waals surface area (Å²) in [6.45, 7) is 1.76. The fourth-order valence-corrected chi connectivity index (χ4v) is 2.58. The number of anilines is 1. The molecule has 1 N–H and O–H groups in total. The van der Waals surface area contributed by atoms with Crippen molar-refractivity contribution < 1.29 is 9.53 Å². The average molecular weight is 283 g/mol. The molecule has 1 heterocycles. The summed E-state index contributed by atoms with van der Waals surface area (Å²) in [5, 5.41) is 3.77. The molecule has 1 aromatic rings. The molecule has 1 aromatic carbocycles. The predicted molar refractivity (Wildman–Crippen MR) is 77.0 cm³/mol. The van der Waals surface area contributed by atoms with Gasteiger partial charge in [-0.2, -0.15) is 0 Å². The lowest BCUT2D eigenvalue weighted by Gasteiger charge is -2.27. The maximum absolute atomic E-state index is 12.4. The molecule has 1 unspecified atom stereocenters. The molecule has 1 atom stereocenters. The fourth-order valence-electron chi connectivity index (χ4n) is 2.33. The van der Waals surface area contributed by atoms with Gasteiger partial charge >= 0.3 is 0 Å². The normalized spacial score (nSPS) is 19.0. The number of hydrogen-bond donors (Lipinski definition) is 1. The largest absolute Gasteiger partial charge is 0.495 e. The van der Waals surface area contributed by atoms with Crippen LogP contribution in [0.25, 0.3) is 0 Å². The van der Waals surface area contributed by atoms with E-state index in [1.54, 1.807) is 31.2 Å². The standard InChI is InChI=1S/C14H19ClN2O2/c1-17(14(18)10-4-3-7-16-9-10)11-5-6-13(19-2)12(15)8-11/h5-6,8,10,16H,3-4,7,9H2,1-2H3. The van der Waals surface area contributed by atoms with E-state index in [0.29, 0.717) is 10.8 Å². The molecule has 1 amide bonds. The van der Waals surface area contributed by atoms with Crippen LogP contribution >= 0.6 is 11.6 Å². The number of carbonyl (C=O) groups is 1. The van der Waals surface area contributed by atoms with Gasteiger partial charge in [0.2, 0.25) is 5.91 Å². The van der Waals surface area contributed by atoms with Crippen molar-refractivity contribution in [3.8, 4) is 5.75 Å². The topological polar surface area (TPSA) is 41.6 Å². The minimum absolute atomic E-state index is 0.0552. The number of halogens is 1. The van der Waals surface area contributed by atoms with Crippen molar-refractivity contribution in [2.24, 2.45) is 5.92 Å². The molecule has 0 radical (unpaired) electrons. The quantitative estimate of drug-likeness (QED) is 0.925. The van der Waals surface area contributed by atoms with Gasteiger partial charge in [-0.15, -0.1) is 0 Å². The molecule has 1 saturated heterocycles. The Bertz CT molecular complexity index is 459. The van der Waals surface area contributed by atoms with Crippen LogP contribution in [-0.2, 0) is 4.79 Å². The Kier molecular flexibility index (Phi) is 4.66. The fraction of sp³-hybridized carbons (Fsp3) is 0.500. The zero-order valence-electron chi connectivity index (χ0n) is 11.3. The third-order valence-corrected chi connectivity index (χ3v) is 3.79. The van der Waals surface area contributed by atoms with Crippen LogP contribution in [0.4, 0.5) is 5.69 Å². The van der Waals surface area contributed by atoms with Crippen LogP contribution in [0.15, 0.2) is 18.2 Å². The maximum atomic E-state index is 12.4. The molecule has 4 nitrogen and oxygen atoms in total. The summed E-state index contributed by atoms with van der Waals surface area (Å²) in [4.78, 5) is 14.0. The summed E-state index contributed by atoms with van der Waals surface area (Å²) in [6.07, 6.45) is 1.99. The van der Waals surface area contributed by atoms with Gasteiger partial charge in [0, 0.05) is 19.3 Å². The first-order chi connectivity index (χ1) is 9.13. The second-order valence-electron chi connectivity index (χ2n) is 4.76. The second kappa shape index (κ2) is 6.26. The molecule has 1 aliphatic rings. The van der Waals surface area contributed by atoms with Gasteiger partial charge in [0.15, 0.2) is 0 Å². The van der Waals surface area contributed by atoms with E-state index in [1.807, 2.05) is 6.07 Å². The monoisotopic (exact) mass is 282 g/mol. The van der Waals surface area contributed by atoms with Gasteiger partial charge in [-0.05, 0) is 37.6 Å². The first kappa shape index (κ1) is 14.2. The SMILES string of the molecule is COc1ccc(N(C)C(=O)C2CCCNC2)cc1Cl. The number of carbonyl (C=O) groups excluding carboxylic acids is 1. The molecule has 19 heavy (non-hydrogen) atoms. The Morgan fingerprint density at radius 2 is 2.32 bits per heavy atom. The average Bonchev–Trinajstić information content (AvgIpc) is 2.46. The first-order valence-corrected chi connectivity index (χ1v) is 6.83. The Hall–Kier alpha value is -1.26. The molecule has 1 fully saturated rings. The predicted octanol–water partition coefficient (Wildman–Crippen LogP) is 2.31.